The largest absolute Gasteiger partial charge is 0.297 e. The van der Waals surface area contributed by atoms with Gasteiger partial charge >= 0.3 is 0 Å². The summed E-state index contributed by atoms with van der Waals surface area (Å²) in [5, 5.41) is 0. The third kappa shape index (κ3) is 3.87. The van der Waals surface area contributed by atoms with Gasteiger partial charge in [-0.2, -0.15) is 8.42 Å². The number of benzene rings is 2. The lowest BCUT2D eigenvalue weighted by molar-refractivity contribution is 0.137. The molecule has 1 aliphatic carbocycles. The molecule has 3 rings (SSSR count). The Balaban J connectivity index is 1.83. The van der Waals surface area contributed by atoms with Crippen LogP contribution in [0.5, 0.6) is 0 Å². The third-order valence-corrected chi connectivity index (χ3v) is 6.12. The van der Waals surface area contributed by atoms with Gasteiger partial charge in [0, 0.05) is 5.92 Å². The van der Waals surface area contributed by atoms with Crippen molar-refractivity contribution in [2.24, 2.45) is 0 Å². The molecular weight excluding hydrogens is 320 g/mol. The van der Waals surface area contributed by atoms with Crippen molar-refractivity contribution in [2.75, 3.05) is 0 Å². The van der Waals surface area contributed by atoms with E-state index >= 15 is 0 Å². The minimum atomic E-state index is -3.73. The van der Waals surface area contributed by atoms with Gasteiger partial charge in [0.2, 0.25) is 0 Å². The Kier molecular flexibility index (Phi) is 5.07. The van der Waals surface area contributed by atoms with Crippen LogP contribution in [-0.2, 0) is 14.3 Å². The van der Waals surface area contributed by atoms with Crippen LogP contribution >= 0.6 is 0 Å². The molecule has 0 aliphatic heterocycles. The molecule has 1 saturated carbocycles. The Bertz CT molecular complexity index is 777. The Hall–Kier alpha value is -1.65. The fourth-order valence-electron chi connectivity index (χ4n) is 3.33. The van der Waals surface area contributed by atoms with E-state index in [0.717, 1.165) is 31.2 Å². The number of hydrogen-bond acceptors (Lipinski definition) is 3. The van der Waals surface area contributed by atoms with E-state index in [1.165, 1.54) is 11.1 Å². The molecule has 0 bridgehead atoms. The van der Waals surface area contributed by atoms with Crippen LogP contribution in [0.3, 0.4) is 0 Å². The Morgan fingerprint density at radius 1 is 0.833 bits per heavy atom. The Morgan fingerprint density at radius 3 is 2.00 bits per heavy atom. The predicted molar refractivity (Wildman–Crippen MR) is 95.6 cm³/mol. The highest BCUT2D eigenvalue weighted by Crippen LogP contribution is 2.36. The number of rotatable bonds is 4. The maximum Gasteiger partial charge on any atom is 0.297 e. The van der Waals surface area contributed by atoms with Crippen LogP contribution in [0.1, 0.15) is 48.3 Å². The van der Waals surface area contributed by atoms with Crippen molar-refractivity contribution in [1.29, 1.82) is 0 Å². The highest BCUT2D eigenvalue weighted by molar-refractivity contribution is 7.86. The maximum atomic E-state index is 12.6. The SMILES string of the molecule is Cc1ccc(C2CCCCC2OS(=O)(=O)c2ccc(C)cc2)cc1. The molecule has 0 N–H and O–H groups in total. The van der Waals surface area contributed by atoms with Crippen LogP contribution in [0, 0.1) is 13.8 Å². The first-order chi connectivity index (χ1) is 11.5. The first-order valence-electron chi connectivity index (χ1n) is 8.52. The van der Waals surface area contributed by atoms with E-state index in [1.807, 2.05) is 6.92 Å². The Labute approximate surface area is 144 Å². The fraction of sp³-hybridized carbons (Fsp3) is 0.400. The van der Waals surface area contributed by atoms with Crippen molar-refractivity contribution >= 4 is 10.1 Å². The minimum absolute atomic E-state index is 0.138. The zero-order chi connectivity index (χ0) is 17.2. The summed E-state index contributed by atoms with van der Waals surface area (Å²) in [5.74, 6) is 0.138. The number of hydrogen-bond donors (Lipinski definition) is 0. The van der Waals surface area contributed by atoms with E-state index in [0.29, 0.717) is 0 Å². The van der Waals surface area contributed by atoms with Crippen LogP contribution in [-0.4, -0.2) is 14.5 Å². The summed E-state index contributed by atoms with van der Waals surface area (Å²) < 4.78 is 30.9. The molecule has 0 heterocycles. The standard InChI is InChI=1S/C20H24O3S/c1-15-7-11-17(12-8-15)19-5-3-4-6-20(19)23-24(21,22)18-13-9-16(2)10-14-18/h7-14,19-20H,3-6H2,1-2H3. The summed E-state index contributed by atoms with van der Waals surface area (Å²) in [6.45, 7) is 3.99. The molecule has 2 aromatic carbocycles. The highest BCUT2D eigenvalue weighted by Gasteiger charge is 2.32. The summed E-state index contributed by atoms with van der Waals surface area (Å²) in [7, 11) is -3.73. The zero-order valence-electron chi connectivity index (χ0n) is 14.2. The molecule has 4 heteroatoms. The van der Waals surface area contributed by atoms with Crippen molar-refractivity contribution in [1.82, 2.24) is 0 Å². The summed E-state index contributed by atoms with van der Waals surface area (Å²) >= 11 is 0. The van der Waals surface area contributed by atoms with Crippen molar-refractivity contribution in [2.45, 2.75) is 56.4 Å². The molecule has 24 heavy (non-hydrogen) atoms. The molecule has 0 spiro atoms. The van der Waals surface area contributed by atoms with Crippen molar-refractivity contribution in [3.05, 3.63) is 65.2 Å². The van der Waals surface area contributed by atoms with Crippen LogP contribution < -0.4 is 0 Å². The van der Waals surface area contributed by atoms with E-state index in [9.17, 15) is 8.42 Å². The second-order valence-corrected chi connectivity index (χ2v) is 8.28. The summed E-state index contributed by atoms with van der Waals surface area (Å²) in [6, 6.07) is 15.2. The van der Waals surface area contributed by atoms with Gasteiger partial charge in [-0.3, -0.25) is 4.18 Å². The van der Waals surface area contributed by atoms with Crippen LogP contribution in [0.2, 0.25) is 0 Å². The lowest BCUT2D eigenvalue weighted by Crippen LogP contribution is -2.28. The molecular formula is C20H24O3S. The number of aryl methyl sites for hydroxylation is 2. The summed E-state index contributed by atoms with van der Waals surface area (Å²) in [5.41, 5.74) is 3.41. The normalized spacial score (nSPS) is 21.6. The molecule has 1 fully saturated rings. The van der Waals surface area contributed by atoms with Gasteiger partial charge in [0.05, 0.1) is 11.0 Å². The second-order valence-electron chi connectivity index (χ2n) is 6.70. The molecule has 0 saturated heterocycles. The van der Waals surface area contributed by atoms with E-state index in [1.54, 1.807) is 24.3 Å². The van der Waals surface area contributed by atoms with Crippen molar-refractivity contribution in [3.63, 3.8) is 0 Å². The monoisotopic (exact) mass is 344 g/mol. The van der Waals surface area contributed by atoms with E-state index in [4.69, 9.17) is 4.18 Å². The topological polar surface area (TPSA) is 43.4 Å². The van der Waals surface area contributed by atoms with Crippen molar-refractivity contribution < 1.29 is 12.6 Å². The van der Waals surface area contributed by atoms with Gasteiger partial charge in [0.1, 0.15) is 0 Å². The third-order valence-electron chi connectivity index (χ3n) is 4.77. The molecule has 3 nitrogen and oxygen atoms in total. The summed E-state index contributed by atoms with van der Waals surface area (Å²) in [6.07, 6.45) is 3.59. The average molecular weight is 344 g/mol. The molecule has 1 aliphatic rings. The molecule has 128 valence electrons. The lowest BCUT2D eigenvalue weighted by Gasteiger charge is -2.31. The Morgan fingerprint density at radius 2 is 1.38 bits per heavy atom. The quantitative estimate of drug-likeness (QED) is 0.753. The fourth-order valence-corrected chi connectivity index (χ4v) is 4.47. The zero-order valence-corrected chi connectivity index (χ0v) is 15.1. The lowest BCUT2D eigenvalue weighted by atomic mass is 9.81. The molecule has 2 atom stereocenters. The molecule has 0 aromatic heterocycles. The average Bonchev–Trinajstić information content (AvgIpc) is 2.56. The highest BCUT2D eigenvalue weighted by atomic mass is 32.2. The van der Waals surface area contributed by atoms with Gasteiger partial charge in [-0.25, -0.2) is 0 Å². The minimum Gasteiger partial charge on any atom is -0.262 e. The second kappa shape index (κ2) is 7.08. The smallest absolute Gasteiger partial charge is 0.262 e. The maximum absolute atomic E-state index is 12.6. The van der Waals surface area contributed by atoms with Gasteiger partial charge in [0.15, 0.2) is 0 Å². The van der Waals surface area contributed by atoms with Crippen LogP contribution in [0.25, 0.3) is 0 Å². The van der Waals surface area contributed by atoms with Crippen LogP contribution in [0.15, 0.2) is 53.4 Å². The predicted octanol–water partition coefficient (Wildman–Crippen LogP) is 4.74. The molecule has 0 radical (unpaired) electrons. The molecule has 2 aromatic rings. The van der Waals surface area contributed by atoms with Crippen molar-refractivity contribution in [3.8, 4) is 0 Å². The van der Waals surface area contributed by atoms with Gasteiger partial charge in [0.25, 0.3) is 10.1 Å². The van der Waals surface area contributed by atoms with Gasteiger partial charge < -0.3 is 0 Å². The van der Waals surface area contributed by atoms with E-state index in [2.05, 4.69) is 31.2 Å². The van der Waals surface area contributed by atoms with E-state index in [-0.39, 0.29) is 16.9 Å². The van der Waals surface area contributed by atoms with Gasteiger partial charge in [-0.1, -0.05) is 60.4 Å². The first-order valence-corrected chi connectivity index (χ1v) is 9.93. The van der Waals surface area contributed by atoms with Gasteiger partial charge in [-0.15, -0.1) is 0 Å². The summed E-state index contributed by atoms with van der Waals surface area (Å²) in [4.78, 5) is 0.237. The molecule has 0 amide bonds. The molecule has 2 unspecified atom stereocenters. The van der Waals surface area contributed by atoms with E-state index < -0.39 is 10.1 Å². The van der Waals surface area contributed by atoms with Gasteiger partial charge in [-0.05, 0) is 44.4 Å². The first kappa shape index (κ1) is 17.2. The van der Waals surface area contributed by atoms with Crippen LogP contribution in [0.4, 0.5) is 0 Å².